The second-order valence-corrected chi connectivity index (χ2v) is 8.96. The van der Waals surface area contributed by atoms with Gasteiger partial charge in [0.05, 0.1) is 17.7 Å². The van der Waals surface area contributed by atoms with E-state index in [9.17, 15) is 4.79 Å². The van der Waals surface area contributed by atoms with Crippen LogP contribution in [0.4, 0.5) is 10.5 Å². The van der Waals surface area contributed by atoms with Crippen LogP contribution in [0.15, 0.2) is 28.3 Å². The van der Waals surface area contributed by atoms with Crippen molar-refractivity contribution < 1.29 is 9.53 Å². The van der Waals surface area contributed by atoms with Crippen LogP contribution in [0, 0.1) is 6.92 Å². The Morgan fingerprint density at radius 1 is 1.46 bits per heavy atom. The highest BCUT2D eigenvalue weighted by molar-refractivity contribution is 9.10. The third-order valence-corrected chi connectivity index (χ3v) is 5.31. The fourth-order valence-corrected chi connectivity index (χ4v) is 3.66. The predicted octanol–water partition coefficient (Wildman–Crippen LogP) is 5.46. The maximum Gasteiger partial charge on any atom is 0.415 e. The van der Waals surface area contributed by atoms with E-state index in [1.807, 2.05) is 39.3 Å². The van der Waals surface area contributed by atoms with Crippen molar-refractivity contribution in [2.24, 2.45) is 0 Å². The van der Waals surface area contributed by atoms with Gasteiger partial charge in [-0.1, -0.05) is 11.6 Å². The highest BCUT2D eigenvalue weighted by Gasteiger charge is 2.27. The van der Waals surface area contributed by atoms with Crippen molar-refractivity contribution in [1.29, 1.82) is 0 Å². The van der Waals surface area contributed by atoms with E-state index >= 15 is 0 Å². The third-order valence-electron chi connectivity index (χ3n) is 3.56. The largest absolute Gasteiger partial charge is 0.443 e. The van der Waals surface area contributed by atoms with E-state index in [1.165, 1.54) is 11.3 Å². The number of aromatic nitrogens is 3. The minimum Gasteiger partial charge on any atom is -0.443 e. The van der Waals surface area contributed by atoms with Crippen LogP contribution >= 0.6 is 38.9 Å². The summed E-state index contributed by atoms with van der Waals surface area (Å²) in [5.74, 6) is 0. The smallest absolute Gasteiger partial charge is 0.415 e. The molecule has 0 unspecified atom stereocenters. The molecule has 3 rings (SSSR count). The Kier molecular flexibility index (Phi) is 5.28. The Bertz CT molecular complexity index is 950. The first-order valence-corrected chi connectivity index (χ1v) is 9.93. The van der Waals surface area contributed by atoms with Crippen molar-refractivity contribution in [3.8, 4) is 0 Å². The van der Waals surface area contributed by atoms with Crippen LogP contribution in [0.2, 0.25) is 5.15 Å². The summed E-state index contributed by atoms with van der Waals surface area (Å²) in [6, 6.07) is 1.67. The fraction of sp³-hybridized carbons (Fsp3) is 0.353. The molecule has 0 fully saturated rings. The normalized spacial score (nSPS) is 11.8. The molecule has 0 spiro atoms. The molecule has 0 N–H and O–H groups in total. The van der Waals surface area contributed by atoms with Crippen LogP contribution in [0.25, 0.3) is 5.52 Å². The van der Waals surface area contributed by atoms with Gasteiger partial charge in [-0.25, -0.2) is 14.3 Å². The van der Waals surface area contributed by atoms with E-state index in [0.717, 1.165) is 20.6 Å². The summed E-state index contributed by atoms with van der Waals surface area (Å²) in [6.45, 7) is 7.74. The summed E-state index contributed by atoms with van der Waals surface area (Å²) in [6.07, 6.45) is 3.06. The Morgan fingerprint density at radius 3 is 2.81 bits per heavy atom. The SMILES string of the molecule is Cc1c(Br)cn2nc(Cl)cc(N(Cc3nccs3)C(=O)OC(C)(C)C)c12. The van der Waals surface area contributed by atoms with Gasteiger partial charge < -0.3 is 4.74 Å². The van der Waals surface area contributed by atoms with Crippen LogP contribution in [0.1, 0.15) is 31.3 Å². The molecule has 3 aromatic heterocycles. The second-order valence-electron chi connectivity index (χ2n) is 6.74. The summed E-state index contributed by atoms with van der Waals surface area (Å²) >= 11 is 11.2. The van der Waals surface area contributed by atoms with Crippen molar-refractivity contribution in [2.75, 3.05) is 4.90 Å². The lowest BCUT2D eigenvalue weighted by Gasteiger charge is -2.27. The first-order valence-electron chi connectivity index (χ1n) is 7.88. The number of hydrogen-bond acceptors (Lipinski definition) is 5. The van der Waals surface area contributed by atoms with Crippen LogP contribution in [0.5, 0.6) is 0 Å². The van der Waals surface area contributed by atoms with Gasteiger partial charge in [0.1, 0.15) is 10.6 Å². The van der Waals surface area contributed by atoms with Gasteiger partial charge in [-0.2, -0.15) is 5.10 Å². The molecule has 1 amide bonds. The third kappa shape index (κ3) is 4.02. The molecular formula is C17H18BrClN4O2S. The molecule has 9 heteroatoms. The molecule has 6 nitrogen and oxygen atoms in total. The highest BCUT2D eigenvalue weighted by Crippen LogP contribution is 2.33. The van der Waals surface area contributed by atoms with E-state index in [-0.39, 0.29) is 11.7 Å². The molecule has 0 saturated carbocycles. The Labute approximate surface area is 168 Å². The monoisotopic (exact) mass is 456 g/mol. The summed E-state index contributed by atoms with van der Waals surface area (Å²) in [7, 11) is 0. The van der Waals surface area contributed by atoms with E-state index in [2.05, 4.69) is 26.0 Å². The van der Waals surface area contributed by atoms with Gasteiger partial charge in [0.25, 0.3) is 0 Å². The zero-order chi connectivity index (χ0) is 19.1. The molecule has 0 aliphatic heterocycles. The van der Waals surface area contributed by atoms with E-state index in [0.29, 0.717) is 5.69 Å². The zero-order valence-corrected chi connectivity index (χ0v) is 17.9. The number of ether oxygens (including phenoxy) is 1. The van der Waals surface area contributed by atoms with Crippen LogP contribution < -0.4 is 4.90 Å². The number of halogens is 2. The average Bonchev–Trinajstić information content (AvgIpc) is 3.11. The molecule has 0 aliphatic rings. The molecule has 0 bridgehead atoms. The number of aryl methyl sites for hydroxylation is 1. The molecule has 0 saturated heterocycles. The minimum atomic E-state index is -0.622. The molecule has 26 heavy (non-hydrogen) atoms. The van der Waals surface area contributed by atoms with Crippen LogP contribution in [0.3, 0.4) is 0 Å². The molecule has 0 atom stereocenters. The van der Waals surface area contributed by atoms with Crippen LogP contribution in [-0.4, -0.2) is 26.3 Å². The number of nitrogens with zero attached hydrogens (tertiary/aromatic N) is 4. The number of carbonyl (C=O) groups is 1. The standard InChI is InChI=1S/C17H18BrClN4O2S/c1-10-11(18)8-23-15(10)12(7-13(19)21-23)22(9-14-20-5-6-26-14)16(24)25-17(2,3)4/h5-8H,9H2,1-4H3. The van der Waals surface area contributed by atoms with Gasteiger partial charge >= 0.3 is 6.09 Å². The second kappa shape index (κ2) is 7.17. The van der Waals surface area contributed by atoms with Crippen molar-refractivity contribution in [1.82, 2.24) is 14.6 Å². The Hall–Kier alpha value is -1.64. The highest BCUT2D eigenvalue weighted by atomic mass is 79.9. The lowest BCUT2D eigenvalue weighted by Crippen LogP contribution is -2.36. The molecule has 0 aliphatic carbocycles. The van der Waals surface area contributed by atoms with Gasteiger partial charge in [0.2, 0.25) is 0 Å². The van der Waals surface area contributed by atoms with E-state index in [1.54, 1.807) is 21.7 Å². The lowest BCUT2D eigenvalue weighted by molar-refractivity contribution is 0.0578. The van der Waals surface area contributed by atoms with Gasteiger partial charge in [0, 0.05) is 28.3 Å². The summed E-state index contributed by atoms with van der Waals surface area (Å²) in [5.41, 5.74) is 1.74. The van der Waals surface area contributed by atoms with E-state index in [4.69, 9.17) is 16.3 Å². The number of carbonyl (C=O) groups excluding carboxylic acids is 1. The van der Waals surface area contributed by atoms with Gasteiger partial charge in [0.15, 0.2) is 5.15 Å². The van der Waals surface area contributed by atoms with Crippen molar-refractivity contribution in [3.05, 3.63) is 44.0 Å². The van der Waals surface area contributed by atoms with E-state index < -0.39 is 11.7 Å². The molecule has 0 aromatic carbocycles. The minimum absolute atomic E-state index is 0.280. The first kappa shape index (κ1) is 19.1. The fourth-order valence-electron chi connectivity index (χ4n) is 2.49. The van der Waals surface area contributed by atoms with Crippen molar-refractivity contribution in [3.63, 3.8) is 0 Å². The molecule has 3 heterocycles. The van der Waals surface area contributed by atoms with Crippen molar-refractivity contribution in [2.45, 2.75) is 39.8 Å². The number of rotatable bonds is 3. The zero-order valence-electron chi connectivity index (χ0n) is 14.8. The van der Waals surface area contributed by atoms with Gasteiger partial charge in [-0.15, -0.1) is 11.3 Å². The number of hydrogen-bond donors (Lipinski definition) is 0. The topological polar surface area (TPSA) is 59.7 Å². The number of amides is 1. The molecule has 0 radical (unpaired) electrons. The number of thiazole rings is 1. The summed E-state index contributed by atoms with van der Waals surface area (Å²) in [5, 5.41) is 7.24. The van der Waals surface area contributed by atoms with Crippen molar-refractivity contribution >= 4 is 56.2 Å². The Balaban J connectivity index is 2.15. The summed E-state index contributed by atoms with van der Waals surface area (Å²) < 4.78 is 8.16. The molecular weight excluding hydrogens is 440 g/mol. The lowest BCUT2D eigenvalue weighted by atomic mass is 10.2. The predicted molar refractivity (Wildman–Crippen MR) is 107 cm³/mol. The Morgan fingerprint density at radius 2 is 2.19 bits per heavy atom. The number of anilines is 1. The van der Waals surface area contributed by atoms with Gasteiger partial charge in [-0.05, 0) is 49.2 Å². The van der Waals surface area contributed by atoms with Crippen LogP contribution in [-0.2, 0) is 11.3 Å². The number of fused-ring (bicyclic) bond motifs is 1. The average molecular weight is 458 g/mol. The maximum atomic E-state index is 13.0. The van der Waals surface area contributed by atoms with Gasteiger partial charge in [-0.3, -0.25) is 4.90 Å². The maximum absolute atomic E-state index is 13.0. The molecule has 3 aromatic rings. The summed E-state index contributed by atoms with van der Waals surface area (Å²) in [4.78, 5) is 18.8. The molecule has 138 valence electrons. The quantitative estimate of drug-likeness (QED) is 0.524. The first-order chi connectivity index (χ1) is 12.2.